The maximum atomic E-state index is 12.0. The molecule has 2 rings (SSSR count). The summed E-state index contributed by atoms with van der Waals surface area (Å²) in [5.74, 6) is -0.203. The Morgan fingerprint density at radius 1 is 1.45 bits per heavy atom. The van der Waals surface area contributed by atoms with Gasteiger partial charge < -0.3 is 15.0 Å². The topological polar surface area (TPSA) is 119 Å². The Morgan fingerprint density at radius 3 is 2.64 bits per heavy atom. The molecule has 1 fully saturated rings. The number of hydrogen-bond acceptors (Lipinski definition) is 5. The lowest BCUT2D eigenvalue weighted by Crippen LogP contribution is -2.32. The van der Waals surface area contributed by atoms with Gasteiger partial charge in [-0.05, 0) is 12.1 Å². The smallest absolute Gasteiger partial charge is 0.228 e. The van der Waals surface area contributed by atoms with Gasteiger partial charge in [0, 0.05) is 31.6 Å². The zero-order valence-corrected chi connectivity index (χ0v) is 13.0. The van der Waals surface area contributed by atoms with Crippen molar-refractivity contribution >= 4 is 33.2 Å². The van der Waals surface area contributed by atoms with Crippen molar-refractivity contribution in [3.8, 4) is 5.75 Å². The number of primary sulfonamides is 1. The van der Waals surface area contributed by atoms with Crippen LogP contribution in [0.4, 0.5) is 11.4 Å². The van der Waals surface area contributed by atoms with Gasteiger partial charge in [0.2, 0.25) is 21.8 Å². The molecule has 1 aromatic carbocycles. The Hall–Kier alpha value is -2.13. The van der Waals surface area contributed by atoms with Crippen molar-refractivity contribution < 1.29 is 22.7 Å². The molecule has 0 saturated carbocycles. The molecule has 0 aromatic heterocycles. The SMILES string of the molecule is COc1cc(N2CC(S(N)(=O)=O)CC2=O)ccc1NC(C)=O. The predicted molar refractivity (Wildman–Crippen MR) is 81.2 cm³/mol. The van der Waals surface area contributed by atoms with Gasteiger partial charge in [-0.3, -0.25) is 9.59 Å². The van der Waals surface area contributed by atoms with Crippen LogP contribution in [0.2, 0.25) is 0 Å². The summed E-state index contributed by atoms with van der Waals surface area (Å²) in [6, 6.07) is 4.76. The molecule has 1 saturated heterocycles. The monoisotopic (exact) mass is 327 g/mol. The second kappa shape index (κ2) is 5.93. The molecule has 1 unspecified atom stereocenters. The van der Waals surface area contributed by atoms with Gasteiger partial charge in [-0.25, -0.2) is 13.6 Å². The Kier molecular flexibility index (Phi) is 4.38. The fourth-order valence-corrected chi connectivity index (χ4v) is 3.02. The molecule has 1 atom stereocenters. The molecule has 0 aliphatic carbocycles. The van der Waals surface area contributed by atoms with Crippen LogP contribution in [0.25, 0.3) is 0 Å². The second-order valence-electron chi connectivity index (χ2n) is 4.99. The molecule has 1 aromatic rings. The first kappa shape index (κ1) is 16.2. The fourth-order valence-electron chi connectivity index (χ4n) is 2.29. The quantitative estimate of drug-likeness (QED) is 0.810. The summed E-state index contributed by atoms with van der Waals surface area (Å²) < 4.78 is 27.9. The maximum absolute atomic E-state index is 12.0. The number of methoxy groups -OCH3 is 1. The minimum absolute atomic E-state index is 0.000302. The minimum atomic E-state index is -3.77. The van der Waals surface area contributed by atoms with Crippen LogP contribution >= 0.6 is 0 Å². The second-order valence-corrected chi connectivity index (χ2v) is 6.83. The van der Waals surface area contributed by atoms with Crippen molar-refractivity contribution in [1.29, 1.82) is 0 Å². The molecular formula is C13H17N3O5S. The summed E-state index contributed by atoms with van der Waals surface area (Å²) in [6.45, 7) is 1.37. The summed E-state index contributed by atoms with van der Waals surface area (Å²) >= 11 is 0. The van der Waals surface area contributed by atoms with E-state index in [4.69, 9.17) is 9.88 Å². The lowest BCUT2D eigenvalue weighted by molar-refractivity contribution is -0.117. The Balaban J connectivity index is 2.30. The Morgan fingerprint density at radius 2 is 2.14 bits per heavy atom. The number of nitrogens with one attached hydrogen (secondary N) is 1. The number of nitrogens with two attached hydrogens (primary N) is 1. The van der Waals surface area contributed by atoms with E-state index in [2.05, 4.69) is 5.32 Å². The van der Waals surface area contributed by atoms with Gasteiger partial charge >= 0.3 is 0 Å². The van der Waals surface area contributed by atoms with Crippen molar-refractivity contribution in [2.75, 3.05) is 23.9 Å². The van der Waals surface area contributed by atoms with E-state index < -0.39 is 15.3 Å². The van der Waals surface area contributed by atoms with E-state index in [9.17, 15) is 18.0 Å². The van der Waals surface area contributed by atoms with E-state index in [1.54, 1.807) is 18.2 Å². The van der Waals surface area contributed by atoms with Crippen LogP contribution in [0.1, 0.15) is 13.3 Å². The van der Waals surface area contributed by atoms with Gasteiger partial charge in [-0.1, -0.05) is 0 Å². The normalized spacial score (nSPS) is 18.4. The van der Waals surface area contributed by atoms with Crippen LogP contribution in [0, 0.1) is 0 Å². The summed E-state index contributed by atoms with van der Waals surface area (Å²) in [7, 11) is -2.33. The van der Waals surface area contributed by atoms with Gasteiger partial charge in [0.1, 0.15) is 11.0 Å². The molecule has 1 heterocycles. The average molecular weight is 327 g/mol. The first-order chi connectivity index (χ1) is 10.2. The van der Waals surface area contributed by atoms with E-state index in [0.717, 1.165) is 0 Å². The van der Waals surface area contributed by atoms with E-state index in [1.165, 1.54) is 18.9 Å². The largest absolute Gasteiger partial charge is 0.494 e. The molecule has 3 N–H and O–H groups in total. The number of anilines is 2. The number of nitrogens with zero attached hydrogens (tertiary/aromatic N) is 1. The highest BCUT2D eigenvalue weighted by Gasteiger charge is 2.37. The molecule has 0 radical (unpaired) electrons. The lowest BCUT2D eigenvalue weighted by atomic mass is 10.2. The van der Waals surface area contributed by atoms with Crippen molar-refractivity contribution in [1.82, 2.24) is 0 Å². The highest BCUT2D eigenvalue weighted by molar-refractivity contribution is 7.89. The molecule has 1 aliphatic heterocycles. The first-order valence-electron chi connectivity index (χ1n) is 6.50. The number of carbonyl (C=O) groups is 2. The Bertz CT molecular complexity index is 716. The number of carbonyl (C=O) groups excluding carboxylic acids is 2. The minimum Gasteiger partial charge on any atom is -0.494 e. The van der Waals surface area contributed by atoms with Gasteiger partial charge in [-0.15, -0.1) is 0 Å². The van der Waals surface area contributed by atoms with Crippen LogP contribution in [0.3, 0.4) is 0 Å². The van der Waals surface area contributed by atoms with Crippen LogP contribution in [-0.4, -0.2) is 39.1 Å². The molecule has 0 bridgehead atoms. The third-order valence-corrected chi connectivity index (χ3v) is 4.61. The third-order valence-electron chi connectivity index (χ3n) is 3.36. The van der Waals surface area contributed by atoms with Gasteiger partial charge in [0.25, 0.3) is 0 Å². The average Bonchev–Trinajstić information content (AvgIpc) is 2.81. The van der Waals surface area contributed by atoms with Crippen molar-refractivity contribution in [2.24, 2.45) is 5.14 Å². The zero-order valence-electron chi connectivity index (χ0n) is 12.2. The summed E-state index contributed by atoms with van der Waals surface area (Å²) in [5, 5.41) is 6.79. The predicted octanol–water partition coefficient (Wildman–Crippen LogP) is 0.0474. The van der Waals surface area contributed by atoms with Crippen molar-refractivity contribution in [2.45, 2.75) is 18.6 Å². The van der Waals surface area contributed by atoms with E-state index >= 15 is 0 Å². The van der Waals surface area contributed by atoms with Gasteiger partial charge in [0.15, 0.2) is 0 Å². The molecular weight excluding hydrogens is 310 g/mol. The third kappa shape index (κ3) is 3.37. The van der Waals surface area contributed by atoms with Crippen LogP contribution < -0.4 is 20.1 Å². The highest BCUT2D eigenvalue weighted by Crippen LogP contribution is 2.32. The van der Waals surface area contributed by atoms with Gasteiger partial charge in [0.05, 0.1) is 12.8 Å². The number of amides is 2. The summed E-state index contributed by atoms with van der Waals surface area (Å²) in [6.07, 6.45) is -0.144. The number of benzene rings is 1. The van der Waals surface area contributed by atoms with E-state index in [-0.39, 0.29) is 24.8 Å². The molecule has 9 heteroatoms. The van der Waals surface area contributed by atoms with Crippen LogP contribution in [0.5, 0.6) is 5.75 Å². The van der Waals surface area contributed by atoms with Gasteiger partial charge in [-0.2, -0.15) is 0 Å². The fraction of sp³-hybridized carbons (Fsp3) is 0.385. The lowest BCUT2D eigenvalue weighted by Gasteiger charge is -2.18. The standard InChI is InChI=1S/C13H17N3O5S/c1-8(17)15-11-4-3-9(5-12(11)21-2)16-7-10(6-13(16)18)22(14,19)20/h3-5,10H,6-7H2,1-2H3,(H,15,17)(H2,14,19,20). The molecule has 22 heavy (non-hydrogen) atoms. The molecule has 0 spiro atoms. The highest BCUT2D eigenvalue weighted by atomic mass is 32.2. The van der Waals surface area contributed by atoms with E-state index in [1.807, 2.05) is 0 Å². The molecule has 120 valence electrons. The van der Waals surface area contributed by atoms with Crippen molar-refractivity contribution in [3.63, 3.8) is 0 Å². The first-order valence-corrected chi connectivity index (χ1v) is 8.11. The van der Waals surface area contributed by atoms with E-state index in [0.29, 0.717) is 17.1 Å². The maximum Gasteiger partial charge on any atom is 0.228 e. The number of ether oxygens (including phenoxy) is 1. The van der Waals surface area contributed by atoms with Crippen LogP contribution in [0.15, 0.2) is 18.2 Å². The summed E-state index contributed by atoms with van der Waals surface area (Å²) in [5.41, 5.74) is 0.954. The Labute approximate surface area is 128 Å². The van der Waals surface area contributed by atoms with Crippen molar-refractivity contribution in [3.05, 3.63) is 18.2 Å². The molecule has 2 amide bonds. The molecule has 1 aliphatic rings. The summed E-state index contributed by atoms with van der Waals surface area (Å²) in [4.78, 5) is 24.4. The number of sulfonamides is 1. The molecule has 8 nitrogen and oxygen atoms in total. The number of hydrogen-bond donors (Lipinski definition) is 2. The zero-order chi connectivity index (χ0) is 16.5. The van der Waals surface area contributed by atoms with Crippen LogP contribution in [-0.2, 0) is 19.6 Å². The number of rotatable bonds is 4.